The first-order valence-electron chi connectivity index (χ1n) is 7.37. The minimum absolute atomic E-state index is 0.0145. The Morgan fingerprint density at radius 1 is 1.52 bits per heavy atom. The maximum atomic E-state index is 14.1. The predicted octanol–water partition coefficient (Wildman–Crippen LogP) is 2.57. The number of likely N-dealkylation sites (tertiary alicyclic amines) is 1. The monoisotopic (exact) mass is 289 g/mol. The smallest absolute Gasteiger partial charge is 0.257 e. The van der Waals surface area contributed by atoms with Gasteiger partial charge in [-0.2, -0.15) is 0 Å². The highest BCUT2D eigenvalue weighted by atomic mass is 19.1. The lowest BCUT2D eigenvalue weighted by molar-refractivity contribution is 0.0729. The summed E-state index contributed by atoms with van der Waals surface area (Å²) in [4.78, 5) is 14.2. The number of benzene rings is 1. The second-order valence-corrected chi connectivity index (χ2v) is 5.17. The summed E-state index contributed by atoms with van der Waals surface area (Å²) in [5, 5.41) is 8.66. The SMILES string of the molecule is CCC1CCCN1C(=O)c1ccc(C#CCCO)cc1F. The van der Waals surface area contributed by atoms with E-state index in [9.17, 15) is 9.18 Å². The summed E-state index contributed by atoms with van der Waals surface area (Å²) in [7, 11) is 0. The average Bonchev–Trinajstić information content (AvgIpc) is 2.95. The van der Waals surface area contributed by atoms with E-state index in [1.807, 2.05) is 6.92 Å². The molecule has 0 spiro atoms. The molecule has 1 aliphatic rings. The van der Waals surface area contributed by atoms with E-state index in [-0.39, 0.29) is 24.1 Å². The molecule has 3 nitrogen and oxygen atoms in total. The first-order valence-corrected chi connectivity index (χ1v) is 7.37. The van der Waals surface area contributed by atoms with E-state index in [4.69, 9.17) is 5.11 Å². The highest BCUT2D eigenvalue weighted by Crippen LogP contribution is 2.23. The van der Waals surface area contributed by atoms with Crippen LogP contribution >= 0.6 is 0 Å². The number of hydrogen-bond acceptors (Lipinski definition) is 2. The predicted molar refractivity (Wildman–Crippen MR) is 79.3 cm³/mol. The Hall–Kier alpha value is -1.86. The molecule has 0 saturated carbocycles. The summed E-state index contributed by atoms with van der Waals surface area (Å²) in [6.45, 7) is 2.74. The molecule has 1 aliphatic heterocycles. The second kappa shape index (κ2) is 7.24. The van der Waals surface area contributed by atoms with Crippen LogP contribution in [-0.2, 0) is 0 Å². The van der Waals surface area contributed by atoms with E-state index in [1.165, 1.54) is 12.1 Å². The molecule has 0 bridgehead atoms. The normalized spacial score (nSPS) is 17.5. The van der Waals surface area contributed by atoms with Crippen LogP contribution in [0.2, 0.25) is 0 Å². The maximum absolute atomic E-state index is 14.1. The molecule has 1 fully saturated rings. The highest BCUT2D eigenvalue weighted by molar-refractivity contribution is 5.95. The minimum atomic E-state index is -0.530. The number of rotatable bonds is 3. The zero-order valence-corrected chi connectivity index (χ0v) is 12.2. The van der Waals surface area contributed by atoms with Crippen LogP contribution in [0.3, 0.4) is 0 Å². The second-order valence-electron chi connectivity index (χ2n) is 5.17. The summed E-state index contributed by atoms with van der Waals surface area (Å²) < 4.78 is 14.1. The molecule has 0 aromatic heterocycles. The third-order valence-corrected chi connectivity index (χ3v) is 3.78. The van der Waals surface area contributed by atoms with Crippen molar-refractivity contribution in [3.05, 3.63) is 35.1 Å². The lowest BCUT2D eigenvalue weighted by Gasteiger charge is -2.23. The molecule has 1 unspecified atom stereocenters. The Balaban J connectivity index is 2.17. The van der Waals surface area contributed by atoms with Gasteiger partial charge < -0.3 is 10.0 Å². The fourth-order valence-electron chi connectivity index (χ4n) is 2.67. The van der Waals surface area contributed by atoms with Crippen molar-refractivity contribution >= 4 is 5.91 Å². The molecule has 21 heavy (non-hydrogen) atoms. The number of hydrogen-bond donors (Lipinski definition) is 1. The molecular weight excluding hydrogens is 269 g/mol. The van der Waals surface area contributed by atoms with Gasteiger partial charge in [0, 0.05) is 24.6 Å². The van der Waals surface area contributed by atoms with Crippen LogP contribution in [0.15, 0.2) is 18.2 Å². The highest BCUT2D eigenvalue weighted by Gasteiger charge is 2.29. The molecule has 0 aliphatic carbocycles. The summed E-state index contributed by atoms with van der Waals surface area (Å²) >= 11 is 0. The van der Waals surface area contributed by atoms with Gasteiger partial charge in [0.25, 0.3) is 5.91 Å². The van der Waals surface area contributed by atoms with E-state index in [2.05, 4.69) is 11.8 Å². The van der Waals surface area contributed by atoms with Crippen molar-refractivity contribution in [1.82, 2.24) is 4.90 Å². The fraction of sp³-hybridized carbons (Fsp3) is 0.471. The first-order chi connectivity index (χ1) is 10.2. The van der Waals surface area contributed by atoms with Gasteiger partial charge in [-0.1, -0.05) is 18.8 Å². The maximum Gasteiger partial charge on any atom is 0.257 e. The average molecular weight is 289 g/mol. The summed E-state index contributed by atoms with van der Waals surface area (Å²) in [5.74, 6) is 4.74. The van der Waals surface area contributed by atoms with E-state index in [1.54, 1.807) is 11.0 Å². The van der Waals surface area contributed by atoms with Crippen LogP contribution in [-0.4, -0.2) is 35.1 Å². The number of carbonyl (C=O) groups is 1. The largest absolute Gasteiger partial charge is 0.395 e. The molecule has 4 heteroatoms. The van der Waals surface area contributed by atoms with Gasteiger partial charge >= 0.3 is 0 Å². The summed E-state index contributed by atoms with van der Waals surface area (Å²) in [6, 6.07) is 4.67. The van der Waals surface area contributed by atoms with Crippen molar-refractivity contribution in [2.45, 2.75) is 38.6 Å². The standard InChI is InChI=1S/C17H20FNO2/c1-2-14-7-5-10-19(14)17(21)15-9-8-13(12-16(15)18)6-3-4-11-20/h8-9,12,14,20H,2,4-5,7,10-11H2,1H3. The molecule has 1 atom stereocenters. The number of aliphatic hydroxyl groups is 1. The molecule has 112 valence electrons. The molecule has 1 aromatic carbocycles. The van der Waals surface area contributed by atoms with Gasteiger partial charge in [-0.15, -0.1) is 0 Å². The third-order valence-electron chi connectivity index (χ3n) is 3.78. The van der Waals surface area contributed by atoms with Gasteiger partial charge in [-0.05, 0) is 37.5 Å². The number of carbonyl (C=O) groups excluding carboxylic acids is 1. The molecular formula is C17H20FNO2. The van der Waals surface area contributed by atoms with Gasteiger partial charge in [0.2, 0.25) is 0 Å². The Morgan fingerprint density at radius 3 is 3.00 bits per heavy atom. The van der Waals surface area contributed by atoms with Crippen molar-refractivity contribution in [2.24, 2.45) is 0 Å². The first kappa shape index (κ1) is 15.5. The van der Waals surface area contributed by atoms with Crippen LogP contribution in [0.25, 0.3) is 0 Å². The van der Waals surface area contributed by atoms with Crippen LogP contribution < -0.4 is 0 Å². The quantitative estimate of drug-likeness (QED) is 0.869. The van der Waals surface area contributed by atoms with Gasteiger partial charge in [-0.3, -0.25) is 4.79 Å². The van der Waals surface area contributed by atoms with Crippen LogP contribution in [0.1, 0.15) is 48.5 Å². The fourth-order valence-corrected chi connectivity index (χ4v) is 2.67. The van der Waals surface area contributed by atoms with Crippen molar-refractivity contribution in [3.8, 4) is 11.8 Å². The van der Waals surface area contributed by atoms with E-state index < -0.39 is 5.82 Å². The Morgan fingerprint density at radius 2 is 2.33 bits per heavy atom. The van der Waals surface area contributed by atoms with Crippen LogP contribution in [0.4, 0.5) is 4.39 Å². The molecule has 1 saturated heterocycles. The number of aliphatic hydroxyl groups excluding tert-OH is 1. The number of nitrogens with zero attached hydrogens (tertiary/aromatic N) is 1. The molecule has 0 radical (unpaired) electrons. The van der Waals surface area contributed by atoms with Crippen molar-refractivity contribution in [2.75, 3.05) is 13.2 Å². The summed E-state index contributed by atoms with van der Waals surface area (Å²) in [6.07, 6.45) is 3.23. The molecule has 1 heterocycles. The number of amides is 1. The molecule has 1 aromatic rings. The minimum Gasteiger partial charge on any atom is -0.395 e. The molecule has 1 N–H and O–H groups in total. The van der Waals surface area contributed by atoms with Gasteiger partial charge in [-0.25, -0.2) is 4.39 Å². The van der Waals surface area contributed by atoms with Crippen LogP contribution in [0, 0.1) is 17.7 Å². The van der Waals surface area contributed by atoms with E-state index >= 15 is 0 Å². The Bertz CT molecular complexity index is 574. The van der Waals surface area contributed by atoms with Gasteiger partial charge in [0.1, 0.15) is 5.82 Å². The van der Waals surface area contributed by atoms with Crippen molar-refractivity contribution in [3.63, 3.8) is 0 Å². The topological polar surface area (TPSA) is 40.5 Å². The lowest BCUT2D eigenvalue weighted by atomic mass is 10.1. The van der Waals surface area contributed by atoms with Crippen molar-refractivity contribution < 1.29 is 14.3 Å². The van der Waals surface area contributed by atoms with Crippen LogP contribution in [0.5, 0.6) is 0 Å². The lowest BCUT2D eigenvalue weighted by Crippen LogP contribution is -2.35. The van der Waals surface area contributed by atoms with E-state index in [0.29, 0.717) is 18.5 Å². The van der Waals surface area contributed by atoms with Crippen molar-refractivity contribution in [1.29, 1.82) is 0 Å². The summed E-state index contributed by atoms with van der Waals surface area (Å²) in [5.41, 5.74) is 0.633. The molecule has 2 rings (SSSR count). The number of halogens is 1. The zero-order valence-electron chi connectivity index (χ0n) is 12.2. The zero-order chi connectivity index (χ0) is 15.2. The van der Waals surface area contributed by atoms with Gasteiger partial charge in [0.05, 0.1) is 12.2 Å². The van der Waals surface area contributed by atoms with Gasteiger partial charge in [0.15, 0.2) is 0 Å². The third kappa shape index (κ3) is 3.62. The van der Waals surface area contributed by atoms with E-state index in [0.717, 1.165) is 19.3 Å². The Kier molecular flexibility index (Phi) is 5.35. The Labute approximate surface area is 124 Å². The molecule has 1 amide bonds.